The van der Waals surface area contributed by atoms with Gasteiger partial charge in [0.25, 0.3) is 0 Å². The van der Waals surface area contributed by atoms with Gasteiger partial charge in [-0.1, -0.05) is 6.92 Å². The van der Waals surface area contributed by atoms with Crippen LogP contribution in [0.25, 0.3) is 0 Å². The molecule has 0 aromatic heterocycles. The number of nitrogens with zero attached hydrogens (tertiary/aromatic N) is 1. The second-order valence-electron chi connectivity index (χ2n) is 6.17. The van der Waals surface area contributed by atoms with Crippen LogP contribution >= 0.6 is 0 Å². The molecule has 1 aromatic rings. The largest absolute Gasteiger partial charge is 0.379 e. The summed E-state index contributed by atoms with van der Waals surface area (Å²) < 4.78 is 41.7. The van der Waals surface area contributed by atoms with Crippen LogP contribution in [0.1, 0.15) is 12.5 Å². The number of benzene rings is 1. The lowest BCUT2D eigenvalue weighted by Gasteiger charge is -2.28. The van der Waals surface area contributed by atoms with Crippen molar-refractivity contribution in [3.05, 3.63) is 29.6 Å². The smallest absolute Gasteiger partial charge is 0.228 e. The number of carbonyl (C=O) groups excluding carboxylic acids is 1. The Morgan fingerprint density at radius 3 is 2.67 bits per heavy atom. The summed E-state index contributed by atoms with van der Waals surface area (Å²) in [5.41, 5.74) is 0.588. The molecule has 0 spiro atoms. The van der Waals surface area contributed by atoms with Gasteiger partial charge < -0.3 is 10.1 Å². The Bertz CT molecular complexity index is 687. The molecule has 134 valence electrons. The quantitative estimate of drug-likeness (QED) is 0.829. The lowest BCUT2D eigenvalue weighted by molar-refractivity contribution is -0.120. The number of amides is 1. The average molecular weight is 358 g/mol. The minimum absolute atomic E-state index is 0.220. The van der Waals surface area contributed by atoms with Crippen molar-refractivity contribution in [3.8, 4) is 0 Å². The molecule has 0 unspecified atom stereocenters. The summed E-state index contributed by atoms with van der Waals surface area (Å²) in [6.07, 6.45) is 1.07. The zero-order valence-electron chi connectivity index (χ0n) is 13.9. The predicted molar refractivity (Wildman–Crippen MR) is 90.0 cm³/mol. The fraction of sp³-hybridized carbons (Fsp3) is 0.562. The van der Waals surface area contributed by atoms with Crippen LogP contribution in [0.3, 0.4) is 0 Å². The lowest BCUT2D eigenvalue weighted by atomic mass is 10.1. The first-order valence-corrected chi connectivity index (χ1v) is 9.88. The maximum absolute atomic E-state index is 13.4. The summed E-state index contributed by atoms with van der Waals surface area (Å²) in [5, 5.41) is 2.72. The van der Waals surface area contributed by atoms with Crippen molar-refractivity contribution < 1.29 is 22.3 Å². The van der Waals surface area contributed by atoms with Crippen LogP contribution < -0.4 is 5.32 Å². The van der Waals surface area contributed by atoms with Crippen molar-refractivity contribution in [2.75, 3.05) is 44.4 Å². The molecule has 1 aromatic carbocycles. The molecular formula is C16H23FN2O4S. The van der Waals surface area contributed by atoms with E-state index >= 15 is 0 Å². The van der Waals surface area contributed by atoms with E-state index in [1.165, 1.54) is 12.1 Å². The van der Waals surface area contributed by atoms with E-state index < -0.39 is 15.7 Å². The number of nitrogens with one attached hydrogen (secondary N) is 1. The third-order valence-corrected chi connectivity index (χ3v) is 4.66. The maximum atomic E-state index is 13.4. The molecule has 0 aliphatic carbocycles. The zero-order valence-corrected chi connectivity index (χ0v) is 14.7. The van der Waals surface area contributed by atoms with Crippen LogP contribution in [0.4, 0.5) is 10.1 Å². The molecule has 1 heterocycles. The van der Waals surface area contributed by atoms with Gasteiger partial charge in [0.1, 0.15) is 5.82 Å². The van der Waals surface area contributed by atoms with Crippen LogP contribution in [0.15, 0.2) is 18.2 Å². The van der Waals surface area contributed by atoms with E-state index in [1.54, 1.807) is 0 Å². The predicted octanol–water partition coefficient (Wildman–Crippen LogP) is 1.28. The fourth-order valence-corrected chi connectivity index (χ4v) is 3.40. The van der Waals surface area contributed by atoms with Gasteiger partial charge in [-0.05, 0) is 23.8 Å². The highest BCUT2D eigenvalue weighted by Gasteiger charge is 2.20. The molecule has 0 saturated carbocycles. The van der Waals surface area contributed by atoms with Gasteiger partial charge in [0, 0.05) is 37.5 Å². The van der Waals surface area contributed by atoms with Gasteiger partial charge >= 0.3 is 0 Å². The lowest BCUT2D eigenvalue weighted by Crippen LogP contribution is -2.41. The molecule has 1 aliphatic rings. The average Bonchev–Trinajstić information content (AvgIpc) is 2.49. The van der Waals surface area contributed by atoms with Gasteiger partial charge in [-0.3, -0.25) is 9.69 Å². The Hall–Kier alpha value is -1.51. The van der Waals surface area contributed by atoms with Crippen LogP contribution in [0, 0.1) is 11.7 Å². The van der Waals surface area contributed by atoms with Crippen LogP contribution in [-0.4, -0.2) is 58.3 Å². The monoisotopic (exact) mass is 358 g/mol. The molecule has 1 fully saturated rings. The van der Waals surface area contributed by atoms with E-state index in [0.717, 1.165) is 25.4 Å². The van der Waals surface area contributed by atoms with Gasteiger partial charge in [0.2, 0.25) is 5.91 Å². The minimum atomic E-state index is -3.34. The molecule has 8 heteroatoms. The van der Waals surface area contributed by atoms with E-state index in [0.29, 0.717) is 25.4 Å². The van der Waals surface area contributed by atoms with Crippen molar-refractivity contribution in [2.24, 2.45) is 5.92 Å². The van der Waals surface area contributed by atoms with Gasteiger partial charge in [-0.2, -0.15) is 0 Å². The molecule has 6 nitrogen and oxygen atoms in total. The van der Waals surface area contributed by atoms with Gasteiger partial charge in [-0.25, -0.2) is 12.8 Å². The highest BCUT2D eigenvalue weighted by Crippen LogP contribution is 2.20. The third kappa shape index (κ3) is 5.85. The first kappa shape index (κ1) is 18.8. The van der Waals surface area contributed by atoms with E-state index in [-0.39, 0.29) is 23.1 Å². The third-order valence-electron chi connectivity index (χ3n) is 3.83. The Labute approximate surface area is 141 Å². The minimum Gasteiger partial charge on any atom is -0.379 e. The number of ether oxygens (including phenoxy) is 1. The molecule has 1 amide bonds. The number of hydrogen-bond donors (Lipinski definition) is 1. The van der Waals surface area contributed by atoms with E-state index in [9.17, 15) is 17.6 Å². The first-order chi connectivity index (χ1) is 11.2. The van der Waals surface area contributed by atoms with Crippen LogP contribution in [0.5, 0.6) is 0 Å². The maximum Gasteiger partial charge on any atom is 0.228 e. The van der Waals surface area contributed by atoms with E-state index in [1.807, 2.05) is 6.92 Å². The van der Waals surface area contributed by atoms with Crippen LogP contribution in [-0.2, 0) is 25.1 Å². The molecule has 1 atom stereocenters. The Morgan fingerprint density at radius 1 is 1.38 bits per heavy atom. The number of anilines is 1. The molecule has 1 aliphatic heterocycles. The highest BCUT2D eigenvalue weighted by molar-refractivity contribution is 7.89. The number of hydrogen-bond acceptors (Lipinski definition) is 5. The van der Waals surface area contributed by atoms with Crippen molar-refractivity contribution in [2.45, 2.75) is 12.7 Å². The van der Waals surface area contributed by atoms with E-state index in [4.69, 9.17) is 4.74 Å². The van der Waals surface area contributed by atoms with Gasteiger partial charge in [0.05, 0.1) is 19.0 Å². The molecule has 1 N–H and O–H groups in total. The summed E-state index contributed by atoms with van der Waals surface area (Å²) in [6, 6.07) is 3.74. The highest BCUT2D eigenvalue weighted by atomic mass is 32.2. The number of morpholine rings is 1. The summed E-state index contributed by atoms with van der Waals surface area (Å²) in [5.74, 6) is -1.35. The molecule has 0 bridgehead atoms. The summed E-state index contributed by atoms with van der Waals surface area (Å²) in [4.78, 5) is 14.5. The number of rotatable bonds is 6. The normalized spacial score (nSPS) is 17.5. The molecule has 2 rings (SSSR count). The van der Waals surface area contributed by atoms with Crippen molar-refractivity contribution >= 4 is 21.4 Å². The molecular weight excluding hydrogens is 335 g/mol. The van der Waals surface area contributed by atoms with Crippen molar-refractivity contribution in [1.29, 1.82) is 0 Å². The fourth-order valence-electron chi connectivity index (χ4n) is 2.60. The summed E-state index contributed by atoms with van der Waals surface area (Å²) in [7, 11) is -3.34. The second-order valence-corrected chi connectivity index (χ2v) is 8.32. The summed E-state index contributed by atoms with van der Waals surface area (Å²) >= 11 is 0. The Balaban J connectivity index is 2.04. The molecule has 1 saturated heterocycles. The van der Waals surface area contributed by atoms with Gasteiger partial charge in [0.15, 0.2) is 9.84 Å². The Kier molecular flexibility index (Phi) is 6.31. The standard InChI is InChI=1S/C16H23FN2O4S/c1-12(10-19-5-7-23-8-6-19)16(20)18-15-4-3-14(17)9-13(15)11-24(2,21)22/h3-4,9,12H,5-8,10-11H2,1-2H3,(H,18,20)/t12-/m1/s1. The second kappa shape index (κ2) is 8.04. The number of carbonyl (C=O) groups is 1. The number of halogens is 1. The summed E-state index contributed by atoms with van der Waals surface area (Å²) in [6.45, 7) is 5.29. The van der Waals surface area contributed by atoms with Crippen LogP contribution in [0.2, 0.25) is 0 Å². The Morgan fingerprint density at radius 2 is 2.04 bits per heavy atom. The zero-order chi connectivity index (χ0) is 17.7. The first-order valence-electron chi connectivity index (χ1n) is 7.82. The van der Waals surface area contributed by atoms with Gasteiger partial charge in [-0.15, -0.1) is 0 Å². The van der Waals surface area contributed by atoms with E-state index in [2.05, 4.69) is 10.2 Å². The molecule has 0 radical (unpaired) electrons. The molecule has 24 heavy (non-hydrogen) atoms. The SMILES string of the molecule is C[C@H](CN1CCOCC1)C(=O)Nc1ccc(F)cc1CS(C)(=O)=O. The van der Waals surface area contributed by atoms with Crippen molar-refractivity contribution in [1.82, 2.24) is 4.90 Å². The van der Waals surface area contributed by atoms with Crippen molar-refractivity contribution in [3.63, 3.8) is 0 Å². The number of sulfone groups is 1. The topological polar surface area (TPSA) is 75.7 Å².